The lowest BCUT2D eigenvalue weighted by Crippen LogP contribution is -2.32. The molecular formula is C24H21NO2. The molecule has 1 aliphatic heterocycles. The van der Waals surface area contributed by atoms with Gasteiger partial charge in [-0.05, 0) is 23.6 Å². The molecule has 2 amide bonds. The van der Waals surface area contributed by atoms with Crippen LogP contribution in [0.2, 0.25) is 0 Å². The molecule has 2 aromatic rings. The minimum Gasteiger partial charge on any atom is -0.278 e. The van der Waals surface area contributed by atoms with Gasteiger partial charge in [0.2, 0.25) is 11.8 Å². The number of likely N-dealkylation sites (tertiary alicyclic amines) is 1. The van der Waals surface area contributed by atoms with Gasteiger partial charge in [-0.15, -0.1) is 0 Å². The lowest BCUT2D eigenvalue weighted by Gasteiger charge is -2.20. The first-order valence-corrected chi connectivity index (χ1v) is 9.50. The summed E-state index contributed by atoms with van der Waals surface area (Å²) in [5.41, 5.74) is 4.64. The van der Waals surface area contributed by atoms with E-state index in [0.717, 1.165) is 5.56 Å². The molecule has 1 saturated heterocycles. The summed E-state index contributed by atoms with van der Waals surface area (Å²) in [4.78, 5) is 27.8. The van der Waals surface area contributed by atoms with E-state index < -0.39 is 0 Å². The first-order valence-electron chi connectivity index (χ1n) is 9.50. The molecule has 1 saturated carbocycles. The maximum absolute atomic E-state index is 13.1. The minimum absolute atomic E-state index is 0.0101. The van der Waals surface area contributed by atoms with Crippen LogP contribution in [0.1, 0.15) is 18.1 Å². The smallest absolute Gasteiger partial charge is 0.234 e. The molecule has 0 spiro atoms. The quantitative estimate of drug-likeness (QED) is 0.615. The Morgan fingerprint density at radius 1 is 0.815 bits per heavy atom. The number of rotatable bonds is 3. The zero-order valence-electron chi connectivity index (χ0n) is 15.2. The van der Waals surface area contributed by atoms with Crippen molar-refractivity contribution in [3.05, 3.63) is 89.5 Å². The lowest BCUT2D eigenvalue weighted by atomic mass is 9.85. The van der Waals surface area contributed by atoms with Gasteiger partial charge in [0.1, 0.15) is 0 Å². The Morgan fingerprint density at radius 2 is 1.33 bits per heavy atom. The zero-order chi connectivity index (χ0) is 18.5. The number of benzene rings is 2. The van der Waals surface area contributed by atoms with E-state index in [0.29, 0.717) is 6.54 Å². The molecule has 0 aromatic heterocycles. The number of hydrogen-bond acceptors (Lipinski definition) is 2. The second-order valence-corrected chi connectivity index (χ2v) is 7.68. The molecule has 3 aliphatic rings. The van der Waals surface area contributed by atoms with Gasteiger partial charge in [-0.25, -0.2) is 0 Å². The molecule has 1 heterocycles. The van der Waals surface area contributed by atoms with E-state index in [1.807, 2.05) is 48.5 Å². The van der Waals surface area contributed by atoms with Gasteiger partial charge < -0.3 is 0 Å². The Morgan fingerprint density at radius 3 is 1.89 bits per heavy atom. The van der Waals surface area contributed by atoms with Crippen molar-refractivity contribution in [2.45, 2.75) is 13.5 Å². The van der Waals surface area contributed by atoms with Crippen molar-refractivity contribution in [1.82, 2.24) is 4.90 Å². The fourth-order valence-electron chi connectivity index (χ4n) is 5.10. The monoisotopic (exact) mass is 355 g/mol. The highest BCUT2D eigenvalue weighted by atomic mass is 16.2. The van der Waals surface area contributed by atoms with Crippen LogP contribution in [0.25, 0.3) is 5.57 Å². The van der Waals surface area contributed by atoms with Gasteiger partial charge in [-0.3, -0.25) is 14.5 Å². The summed E-state index contributed by atoms with van der Waals surface area (Å²) in [7, 11) is 0. The van der Waals surface area contributed by atoms with Crippen LogP contribution in [-0.4, -0.2) is 16.7 Å². The molecule has 0 N–H and O–H groups in total. The van der Waals surface area contributed by atoms with Crippen molar-refractivity contribution in [2.24, 2.45) is 23.7 Å². The van der Waals surface area contributed by atoms with Crippen LogP contribution in [-0.2, 0) is 16.1 Å². The summed E-state index contributed by atoms with van der Waals surface area (Å²) in [6.45, 7) is 2.50. The summed E-state index contributed by atoms with van der Waals surface area (Å²) < 4.78 is 0. The average Bonchev–Trinajstić information content (AvgIpc) is 3.35. The third-order valence-corrected chi connectivity index (χ3v) is 6.33. The molecule has 2 fully saturated rings. The number of fused-ring (bicyclic) bond motifs is 5. The molecule has 4 atom stereocenters. The molecule has 0 radical (unpaired) electrons. The van der Waals surface area contributed by atoms with Crippen molar-refractivity contribution in [2.75, 3.05) is 0 Å². The Hall–Kier alpha value is -2.94. The normalized spacial score (nSPS) is 30.2. The Kier molecular flexibility index (Phi) is 3.64. The number of imide groups is 1. The van der Waals surface area contributed by atoms with Gasteiger partial charge in [0, 0.05) is 11.8 Å². The number of carbonyl (C=O) groups is 2. The van der Waals surface area contributed by atoms with E-state index in [4.69, 9.17) is 0 Å². The zero-order valence-corrected chi connectivity index (χ0v) is 15.2. The van der Waals surface area contributed by atoms with Crippen LogP contribution in [0.5, 0.6) is 0 Å². The molecule has 3 nitrogen and oxygen atoms in total. The van der Waals surface area contributed by atoms with E-state index in [1.165, 1.54) is 21.6 Å². The van der Waals surface area contributed by atoms with Gasteiger partial charge >= 0.3 is 0 Å². The first-order chi connectivity index (χ1) is 13.2. The van der Waals surface area contributed by atoms with E-state index in [-0.39, 0.29) is 35.5 Å². The molecule has 5 rings (SSSR count). The number of nitrogens with zero attached hydrogens (tertiary/aromatic N) is 1. The van der Waals surface area contributed by atoms with Crippen molar-refractivity contribution in [3.8, 4) is 0 Å². The van der Waals surface area contributed by atoms with Gasteiger partial charge in [0.15, 0.2) is 0 Å². The number of allylic oxidation sites excluding steroid dienone is 4. The Balaban J connectivity index is 1.49. The van der Waals surface area contributed by atoms with E-state index in [1.54, 1.807) is 0 Å². The first kappa shape index (κ1) is 16.2. The largest absolute Gasteiger partial charge is 0.278 e. The maximum Gasteiger partial charge on any atom is 0.234 e. The van der Waals surface area contributed by atoms with Gasteiger partial charge in [-0.2, -0.15) is 0 Å². The van der Waals surface area contributed by atoms with Crippen molar-refractivity contribution in [1.29, 1.82) is 0 Å². The molecule has 2 aliphatic carbocycles. The topological polar surface area (TPSA) is 37.4 Å². The molecule has 27 heavy (non-hydrogen) atoms. The number of carbonyl (C=O) groups excluding carboxylic acids is 2. The summed E-state index contributed by atoms with van der Waals surface area (Å²) >= 11 is 0. The van der Waals surface area contributed by atoms with Gasteiger partial charge in [0.05, 0.1) is 18.4 Å². The van der Waals surface area contributed by atoms with Crippen LogP contribution >= 0.6 is 0 Å². The number of amides is 2. The van der Waals surface area contributed by atoms with Gasteiger partial charge in [0.25, 0.3) is 0 Å². The maximum atomic E-state index is 13.1. The third-order valence-electron chi connectivity index (χ3n) is 6.33. The highest BCUT2D eigenvalue weighted by Gasteiger charge is 2.61. The minimum atomic E-state index is -0.232. The predicted octanol–water partition coefficient (Wildman–Crippen LogP) is 4.08. The average molecular weight is 355 g/mol. The number of hydrogen-bond donors (Lipinski definition) is 0. The third kappa shape index (κ3) is 2.34. The standard InChI is InChI=1S/C24H21NO2/c1-15(17-10-6-3-7-11-17)20-18-12-13-19(20)22-21(18)23(26)25(24(22)27)14-16-8-4-2-5-9-16/h2-13,18-19,21-22H,14H2,1H3/t18-,19-,21-,22+/m1/s1. The predicted molar refractivity (Wildman–Crippen MR) is 104 cm³/mol. The van der Waals surface area contributed by atoms with Crippen molar-refractivity contribution < 1.29 is 9.59 Å². The van der Waals surface area contributed by atoms with Crippen LogP contribution in [0.4, 0.5) is 0 Å². The summed E-state index contributed by atoms with van der Waals surface area (Å²) in [5.74, 6) is -0.377. The van der Waals surface area contributed by atoms with Crippen LogP contribution in [0, 0.1) is 23.7 Å². The van der Waals surface area contributed by atoms with Crippen LogP contribution in [0.3, 0.4) is 0 Å². The van der Waals surface area contributed by atoms with E-state index >= 15 is 0 Å². The van der Waals surface area contributed by atoms with Crippen molar-refractivity contribution >= 4 is 17.4 Å². The SMILES string of the molecule is CC(=C1[C@H]2C=C[C@H]1[C@H]1C(=O)N(Cc3ccccc3)C(=O)[C@H]12)c1ccccc1. The van der Waals surface area contributed by atoms with Crippen LogP contribution < -0.4 is 0 Å². The highest BCUT2D eigenvalue weighted by molar-refractivity contribution is 6.07. The van der Waals surface area contributed by atoms with Crippen molar-refractivity contribution in [3.63, 3.8) is 0 Å². The molecular weight excluding hydrogens is 334 g/mol. The highest BCUT2D eigenvalue weighted by Crippen LogP contribution is 2.57. The molecule has 2 bridgehead atoms. The Bertz CT molecular complexity index is 940. The molecule has 134 valence electrons. The Labute approximate surface area is 159 Å². The molecule has 2 aromatic carbocycles. The van der Waals surface area contributed by atoms with Gasteiger partial charge in [-0.1, -0.05) is 78.4 Å². The lowest BCUT2D eigenvalue weighted by molar-refractivity contribution is -0.141. The fraction of sp³-hybridized carbons (Fsp3) is 0.250. The fourth-order valence-corrected chi connectivity index (χ4v) is 5.10. The van der Waals surface area contributed by atoms with E-state index in [9.17, 15) is 9.59 Å². The molecule has 3 heteroatoms. The summed E-state index contributed by atoms with van der Waals surface area (Å²) in [5, 5.41) is 0. The summed E-state index contributed by atoms with van der Waals surface area (Å²) in [6.07, 6.45) is 4.29. The second-order valence-electron chi connectivity index (χ2n) is 7.68. The second kappa shape index (κ2) is 6.05. The van der Waals surface area contributed by atoms with E-state index in [2.05, 4.69) is 31.2 Å². The van der Waals surface area contributed by atoms with Crippen LogP contribution in [0.15, 0.2) is 78.4 Å². The summed E-state index contributed by atoms with van der Waals surface area (Å²) in [6, 6.07) is 20.0. The molecule has 0 unspecified atom stereocenters.